The third-order valence-electron chi connectivity index (χ3n) is 11.5. The lowest BCUT2D eigenvalue weighted by molar-refractivity contribution is 1.18. The van der Waals surface area contributed by atoms with Gasteiger partial charge >= 0.3 is 0 Å². The van der Waals surface area contributed by atoms with Gasteiger partial charge in [-0.05, 0) is 88.3 Å². The molecule has 0 unspecified atom stereocenters. The molecule has 0 aliphatic rings. The van der Waals surface area contributed by atoms with Gasteiger partial charge in [0.05, 0.1) is 27.8 Å². The van der Waals surface area contributed by atoms with Gasteiger partial charge in [-0.2, -0.15) is 0 Å². The standard InChI is InChI=1S/C52H32N2S/c1-2-12-36(13-3-1)53-46-20-7-4-14-40(46)42-27-24-34(31-50(42)53)33-26-29-49-45(30-33)41-15-5-8-21-47(41)54(49)48-22-11-18-38-37(17-10-19-39(38)48)35-25-28-44-43-16-6-9-23-51(43)55-52(44)32-35/h1-32H. The lowest BCUT2D eigenvalue weighted by Gasteiger charge is -2.14. The summed E-state index contributed by atoms with van der Waals surface area (Å²) in [5.74, 6) is 0. The summed E-state index contributed by atoms with van der Waals surface area (Å²) in [7, 11) is 0. The van der Waals surface area contributed by atoms with Crippen molar-refractivity contribution in [3.63, 3.8) is 0 Å². The smallest absolute Gasteiger partial charge is 0.0547 e. The van der Waals surface area contributed by atoms with Gasteiger partial charge in [0.15, 0.2) is 0 Å². The van der Waals surface area contributed by atoms with E-state index < -0.39 is 0 Å². The molecule has 3 heterocycles. The number of hydrogen-bond acceptors (Lipinski definition) is 1. The molecule has 0 bridgehead atoms. The highest BCUT2D eigenvalue weighted by Crippen LogP contribution is 2.42. The Bertz CT molecular complexity index is 3490. The van der Waals surface area contributed by atoms with Crippen molar-refractivity contribution in [2.45, 2.75) is 0 Å². The number of rotatable bonds is 4. The minimum Gasteiger partial charge on any atom is -0.309 e. The number of nitrogens with zero attached hydrogens (tertiary/aromatic N) is 2. The van der Waals surface area contributed by atoms with E-state index in [9.17, 15) is 0 Å². The highest BCUT2D eigenvalue weighted by atomic mass is 32.1. The molecule has 0 fully saturated rings. The zero-order valence-corrected chi connectivity index (χ0v) is 30.6. The number of benzene rings is 9. The lowest BCUT2D eigenvalue weighted by atomic mass is 9.96. The molecule has 12 rings (SSSR count). The van der Waals surface area contributed by atoms with Crippen LogP contribution in [0.25, 0.3) is 108 Å². The molecular weight excluding hydrogens is 685 g/mol. The molecule has 0 aliphatic heterocycles. The van der Waals surface area contributed by atoms with Crippen LogP contribution in [0, 0.1) is 0 Å². The monoisotopic (exact) mass is 716 g/mol. The maximum Gasteiger partial charge on any atom is 0.0547 e. The van der Waals surface area contributed by atoms with E-state index in [-0.39, 0.29) is 0 Å². The highest BCUT2D eigenvalue weighted by molar-refractivity contribution is 7.25. The van der Waals surface area contributed by atoms with Crippen molar-refractivity contribution < 1.29 is 0 Å². The zero-order valence-electron chi connectivity index (χ0n) is 29.8. The average Bonchev–Trinajstić information content (AvgIpc) is 3.90. The number of para-hydroxylation sites is 3. The van der Waals surface area contributed by atoms with Crippen LogP contribution >= 0.6 is 11.3 Å². The largest absolute Gasteiger partial charge is 0.309 e. The molecule has 3 heteroatoms. The van der Waals surface area contributed by atoms with Crippen LogP contribution in [0.15, 0.2) is 194 Å². The summed E-state index contributed by atoms with van der Waals surface area (Å²) in [6.45, 7) is 0. The molecule has 0 saturated heterocycles. The van der Waals surface area contributed by atoms with E-state index in [1.807, 2.05) is 11.3 Å². The second kappa shape index (κ2) is 11.8. The molecule has 0 amide bonds. The first-order chi connectivity index (χ1) is 27.3. The lowest BCUT2D eigenvalue weighted by Crippen LogP contribution is -1.96. The Hall–Kier alpha value is -6.94. The van der Waals surface area contributed by atoms with Crippen LogP contribution in [-0.4, -0.2) is 9.13 Å². The molecule has 12 aromatic rings. The summed E-state index contributed by atoms with van der Waals surface area (Å²) in [5, 5.41) is 10.2. The van der Waals surface area contributed by atoms with Crippen LogP contribution in [0.5, 0.6) is 0 Å². The third-order valence-corrected chi connectivity index (χ3v) is 12.7. The summed E-state index contributed by atoms with van der Waals surface area (Å²) < 4.78 is 7.52. The molecule has 9 aromatic carbocycles. The normalized spacial score (nSPS) is 12.0. The molecule has 2 nitrogen and oxygen atoms in total. The van der Waals surface area contributed by atoms with Crippen molar-refractivity contribution in [2.75, 3.05) is 0 Å². The van der Waals surface area contributed by atoms with Crippen molar-refractivity contribution in [3.8, 4) is 33.6 Å². The fourth-order valence-corrected chi connectivity index (χ4v) is 10.2. The summed E-state index contributed by atoms with van der Waals surface area (Å²) in [6.07, 6.45) is 0. The van der Waals surface area contributed by atoms with Gasteiger partial charge in [0, 0.05) is 52.8 Å². The molecule has 0 atom stereocenters. The molecule has 0 N–H and O–H groups in total. The predicted molar refractivity (Wildman–Crippen MR) is 236 cm³/mol. The topological polar surface area (TPSA) is 9.86 Å². The Morgan fingerprint density at radius 1 is 0.291 bits per heavy atom. The van der Waals surface area contributed by atoms with Crippen LogP contribution in [-0.2, 0) is 0 Å². The maximum absolute atomic E-state index is 2.46. The highest BCUT2D eigenvalue weighted by Gasteiger charge is 2.18. The van der Waals surface area contributed by atoms with Crippen molar-refractivity contribution in [3.05, 3.63) is 194 Å². The van der Waals surface area contributed by atoms with Gasteiger partial charge in [-0.1, -0.05) is 133 Å². The van der Waals surface area contributed by atoms with Crippen molar-refractivity contribution in [1.29, 1.82) is 0 Å². The van der Waals surface area contributed by atoms with Crippen molar-refractivity contribution in [2.24, 2.45) is 0 Å². The van der Waals surface area contributed by atoms with E-state index in [2.05, 4.69) is 203 Å². The molecule has 0 aliphatic carbocycles. The fraction of sp³-hybridized carbons (Fsp3) is 0. The minimum absolute atomic E-state index is 1.17. The Morgan fingerprint density at radius 3 is 1.75 bits per heavy atom. The quantitative estimate of drug-likeness (QED) is 0.172. The Morgan fingerprint density at radius 2 is 0.873 bits per heavy atom. The van der Waals surface area contributed by atoms with E-state index in [0.717, 1.165) is 0 Å². The minimum atomic E-state index is 1.17. The van der Waals surface area contributed by atoms with Crippen LogP contribution in [0.2, 0.25) is 0 Å². The van der Waals surface area contributed by atoms with Crippen LogP contribution < -0.4 is 0 Å². The fourth-order valence-electron chi connectivity index (χ4n) is 9.05. The van der Waals surface area contributed by atoms with Crippen LogP contribution in [0.4, 0.5) is 0 Å². The molecule has 0 spiro atoms. The van der Waals surface area contributed by atoms with Crippen LogP contribution in [0.3, 0.4) is 0 Å². The maximum atomic E-state index is 2.46. The van der Waals surface area contributed by atoms with Crippen LogP contribution in [0.1, 0.15) is 0 Å². The molecule has 0 radical (unpaired) electrons. The number of hydrogen-bond donors (Lipinski definition) is 0. The first-order valence-electron chi connectivity index (χ1n) is 18.8. The second-order valence-corrected chi connectivity index (χ2v) is 15.6. The summed E-state index contributed by atoms with van der Waals surface area (Å²) >= 11 is 1.87. The van der Waals surface area contributed by atoms with Crippen molar-refractivity contribution >= 4 is 85.9 Å². The summed E-state index contributed by atoms with van der Waals surface area (Å²) in [4.78, 5) is 0. The number of fused-ring (bicyclic) bond motifs is 10. The average molecular weight is 717 g/mol. The summed E-state index contributed by atoms with van der Waals surface area (Å²) in [5.41, 5.74) is 12.1. The summed E-state index contributed by atoms with van der Waals surface area (Å²) in [6, 6.07) is 71.5. The van der Waals surface area contributed by atoms with Gasteiger partial charge in [0.2, 0.25) is 0 Å². The van der Waals surface area contributed by atoms with E-state index >= 15 is 0 Å². The van der Waals surface area contributed by atoms with E-state index in [1.54, 1.807) is 0 Å². The zero-order chi connectivity index (χ0) is 36.0. The van der Waals surface area contributed by atoms with Gasteiger partial charge in [-0.3, -0.25) is 0 Å². The van der Waals surface area contributed by atoms with Gasteiger partial charge in [-0.15, -0.1) is 11.3 Å². The predicted octanol–water partition coefficient (Wildman–Crippen LogP) is 14.7. The Kier molecular flexibility index (Phi) is 6.54. The Balaban J connectivity index is 1.03. The van der Waals surface area contributed by atoms with Gasteiger partial charge in [-0.25, -0.2) is 0 Å². The molecule has 0 saturated carbocycles. The number of aromatic nitrogens is 2. The first-order valence-corrected chi connectivity index (χ1v) is 19.7. The third kappa shape index (κ3) is 4.54. The van der Waals surface area contributed by atoms with Gasteiger partial charge in [0.1, 0.15) is 0 Å². The second-order valence-electron chi connectivity index (χ2n) is 14.5. The van der Waals surface area contributed by atoms with Gasteiger partial charge < -0.3 is 9.13 Å². The van der Waals surface area contributed by atoms with Gasteiger partial charge in [0.25, 0.3) is 0 Å². The van der Waals surface area contributed by atoms with E-state index in [1.165, 1.54) is 108 Å². The number of thiophene rings is 1. The Labute approximate surface area is 321 Å². The SMILES string of the molecule is c1ccc(-n2c3ccccc3c3ccc(-c4ccc5c(c4)c4ccccc4n5-c4cccc5c(-c6ccc7c(c6)sc6ccccc67)cccc45)cc32)cc1. The molecule has 3 aromatic heterocycles. The van der Waals surface area contributed by atoms with Crippen molar-refractivity contribution in [1.82, 2.24) is 9.13 Å². The van der Waals surface area contributed by atoms with E-state index in [4.69, 9.17) is 0 Å². The van der Waals surface area contributed by atoms with E-state index in [0.29, 0.717) is 0 Å². The molecular formula is C52H32N2S. The molecule has 55 heavy (non-hydrogen) atoms. The first kappa shape index (κ1) is 30.5. The molecule has 256 valence electrons.